The fourth-order valence-corrected chi connectivity index (χ4v) is 4.89. The number of nitrogens with zero attached hydrogens (tertiary/aromatic N) is 1. The highest BCUT2D eigenvalue weighted by Crippen LogP contribution is 2.28. The highest BCUT2D eigenvalue weighted by molar-refractivity contribution is 7.18. The molecule has 1 unspecified atom stereocenters. The lowest BCUT2D eigenvalue weighted by Gasteiger charge is -2.19. The van der Waals surface area contributed by atoms with Crippen LogP contribution in [-0.4, -0.2) is 24.0 Å². The number of amides is 1. The second-order valence-corrected chi connectivity index (χ2v) is 8.23. The lowest BCUT2D eigenvalue weighted by molar-refractivity contribution is -0.910. The fraction of sp³-hybridized carbons (Fsp3) is 0.333. The summed E-state index contributed by atoms with van der Waals surface area (Å²) in [6, 6.07) is 14.8. The van der Waals surface area contributed by atoms with Gasteiger partial charge in [0, 0.05) is 18.5 Å². The van der Waals surface area contributed by atoms with Gasteiger partial charge in [-0.2, -0.15) is 0 Å². The van der Waals surface area contributed by atoms with Gasteiger partial charge in [-0.3, -0.25) is 4.79 Å². The van der Waals surface area contributed by atoms with Crippen LogP contribution in [0.15, 0.2) is 42.5 Å². The maximum atomic E-state index is 12.6. The molecule has 1 saturated heterocycles. The molecule has 1 aliphatic heterocycles. The molecule has 4 nitrogen and oxygen atoms in total. The van der Waals surface area contributed by atoms with Gasteiger partial charge in [-0.15, -0.1) is 11.3 Å². The molecule has 1 aliphatic rings. The van der Waals surface area contributed by atoms with Crippen molar-refractivity contribution in [3.05, 3.63) is 58.6 Å². The van der Waals surface area contributed by atoms with Gasteiger partial charge in [-0.1, -0.05) is 24.3 Å². The molecule has 0 radical (unpaired) electrons. The molecule has 0 saturated carbocycles. The summed E-state index contributed by atoms with van der Waals surface area (Å²) in [5, 5.41) is 4.26. The van der Waals surface area contributed by atoms with Crippen LogP contribution < -0.4 is 10.2 Å². The van der Waals surface area contributed by atoms with Gasteiger partial charge in [0.2, 0.25) is 0 Å². The van der Waals surface area contributed by atoms with Gasteiger partial charge in [0.05, 0.1) is 16.8 Å². The molecule has 26 heavy (non-hydrogen) atoms. The second-order valence-electron chi connectivity index (χ2n) is 7.17. The highest BCUT2D eigenvalue weighted by Gasteiger charge is 2.34. The zero-order valence-corrected chi connectivity index (χ0v) is 16.0. The minimum atomic E-state index is 0.0849. The number of rotatable bonds is 4. The summed E-state index contributed by atoms with van der Waals surface area (Å²) in [5.41, 5.74) is 4.25. The predicted molar refractivity (Wildman–Crippen MR) is 107 cm³/mol. The summed E-state index contributed by atoms with van der Waals surface area (Å²) in [7, 11) is 0. The van der Waals surface area contributed by atoms with E-state index in [2.05, 4.69) is 35.6 Å². The van der Waals surface area contributed by atoms with Crippen LogP contribution in [0.25, 0.3) is 10.2 Å². The zero-order valence-electron chi connectivity index (χ0n) is 15.2. The largest absolute Gasteiger partial charge is 0.321 e. The molecule has 0 aliphatic carbocycles. The summed E-state index contributed by atoms with van der Waals surface area (Å²) in [4.78, 5) is 18.8. The van der Waals surface area contributed by atoms with Crippen molar-refractivity contribution in [1.82, 2.24) is 4.98 Å². The minimum absolute atomic E-state index is 0.0849. The van der Waals surface area contributed by atoms with E-state index in [0.29, 0.717) is 12.6 Å². The first-order chi connectivity index (χ1) is 12.6. The number of benzene rings is 2. The number of nitrogens with one attached hydrogen (secondary N) is 2. The molecule has 1 amide bonds. The fourth-order valence-electron chi connectivity index (χ4n) is 3.73. The monoisotopic (exact) mass is 366 g/mol. The van der Waals surface area contributed by atoms with E-state index in [1.807, 2.05) is 26.0 Å². The lowest BCUT2D eigenvalue weighted by atomic mass is 10.1. The molecule has 0 spiro atoms. The summed E-state index contributed by atoms with van der Waals surface area (Å²) in [6.07, 6.45) is 2.25. The maximum Gasteiger partial charge on any atom is 0.279 e. The van der Waals surface area contributed by atoms with Gasteiger partial charge in [0.15, 0.2) is 11.6 Å². The number of carbonyl (C=O) groups excluding carboxylic acids is 1. The Morgan fingerprint density at radius 3 is 2.96 bits per heavy atom. The molecule has 1 fully saturated rings. The predicted octanol–water partition coefficient (Wildman–Crippen LogP) is 3.27. The van der Waals surface area contributed by atoms with Crippen molar-refractivity contribution in [3.63, 3.8) is 0 Å². The van der Waals surface area contributed by atoms with E-state index in [4.69, 9.17) is 4.98 Å². The molecule has 2 N–H and O–H groups in total. The molecular weight excluding hydrogens is 342 g/mol. The van der Waals surface area contributed by atoms with E-state index < -0.39 is 0 Å². The molecule has 134 valence electrons. The van der Waals surface area contributed by atoms with Gasteiger partial charge in [-0.25, -0.2) is 4.98 Å². The number of aryl methyl sites for hydroxylation is 2. The van der Waals surface area contributed by atoms with Crippen molar-refractivity contribution in [2.75, 3.05) is 18.4 Å². The summed E-state index contributed by atoms with van der Waals surface area (Å²) in [5.74, 6) is 0.0849. The third kappa shape index (κ3) is 3.50. The van der Waals surface area contributed by atoms with Crippen molar-refractivity contribution >= 4 is 33.1 Å². The van der Waals surface area contributed by atoms with Crippen molar-refractivity contribution in [2.24, 2.45) is 0 Å². The molecule has 1 aromatic heterocycles. The van der Waals surface area contributed by atoms with Crippen LogP contribution in [-0.2, 0) is 4.79 Å². The number of likely N-dealkylation sites (tertiary alicyclic amines) is 1. The van der Waals surface area contributed by atoms with Crippen molar-refractivity contribution in [3.8, 4) is 0 Å². The highest BCUT2D eigenvalue weighted by atomic mass is 32.1. The first-order valence-corrected chi connectivity index (χ1v) is 9.99. The van der Waals surface area contributed by atoms with Gasteiger partial charge >= 0.3 is 0 Å². The second kappa shape index (κ2) is 7.17. The lowest BCUT2D eigenvalue weighted by Crippen LogP contribution is -3.11. The molecule has 2 heterocycles. The van der Waals surface area contributed by atoms with E-state index >= 15 is 0 Å². The minimum Gasteiger partial charge on any atom is -0.321 e. The number of quaternary nitrogens is 1. The van der Waals surface area contributed by atoms with E-state index in [-0.39, 0.29) is 5.91 Å². The Hall–Kier alpha value is -2.24. The number of thiazole rings is 1. The third-order valence-electron chi connectivity index (χ3n) is 5.15. The number of hydrogen-bond acceptors (Lipinski definition) is 3. The Morgan fingerprint density at radius 2 is 2.12 bits per heavy atom. The Morgan fingerprint density at radius 1 is 1.27 bits per heavy atom. The number of aromatic nitrogens is 1. The zero-order chi connectivity index (χ0) is 18.1. The quantitative estimate of drug-likeness (QED) is 0.744. The topological polar surface area (TPSA) is 46.4 Å². The van der Waals surface area contributed by atoms with Crippen LogP contribution >= 0.6 is 11.3 Å². The van der Waals surface area contributed by atoms with E-state index in [9.17, 15) is 4.79 Å². The number of fused-ring (bicyclic) bond motifs is 1. The van der Waals surface area contributed by atoms with Crippen LogP contribution in [0.5, 0.6) is 0 Å². The van der Waals surface area contributed by atoms with Crippen LogP contribution in [0.1, 0.15) is 35.0 Å². The van der Waals surface area contributed by atoms with Gasteiger partial charge in [0.1, 0.15) is 6.04 Å². The SMILES string of the molecule is Cc1ccc(C)c(NC(=O)C[NH+]2CCC[C@@H]2c2nc3ccccc3s2)c1. The Balaban J connectivity index is 1.48. The third-order valence-corrected chi connectivity index (χ3v) is 6.30. The molecular formula is C21H24N3OS+. The van der Waals surface area contributed by atoms with Crippen molar-refractivity contribution < 1.29 is 9.69 Å². The van der Waals surface area contributed by atoms with Crippen LogP contribution in [0, 0.1) is 13.8 Å². The van der Waals surface area contributed by atoms with Crippen LogP contribution in [0.2, 0.25) is 0 Å². The molecule has 4 rings (SSSR count). The van der Waals surface area contributed by atoms with Crippen LogP contribution in [0.4, 0.5) is 5.69 Å². The van der Waals surface area contributed by atoms with Crippen molar-refractivity contribution in [2.45, 2.75) is 32.7 Å². The normalized spacial score (nSPS) is 19.8. The number of para-hydroxylation sites is 1. The average Bonchev–Trinajstić information content (AvgIpc) is 3.24. The molecule has 0 bridgehead atoms. The van der Waals surface area contributed by atoms with Gasteiger partial charge in [-0.05, 0) is 43.2 Å². The van der Waals surface area contributed by atoms with Gasteiger partial charge < -0.3 is 10.2 Å². The first-order valence-electron chi connectivity index (χ1n) is 9.17. The van der Waals surface area contributed by atoms with Crippen LogP contribution in [0.3, 0.4) is 0 Å². The summed E-state index contributed by atoms with van der Waals surface area (Å²) >= 11 is 1.77. The molecule has 2 aromatic carbocycles. The Labute approximate surface area is 157 Å². The van der Waals surface area contributed by atoms with E-state index in [0.717, 1.165) is 41.7 Å². The Bertz CT molecular complexity index is 916. The summed E-state index contributed by atoms with van der Waals surface area (Å²) < 4.78 is 1.23. The molecule has 3 aromatic rings. The Kier molecular flexibility index (Phi) is 4.74. The molecule has 5 heteroatoms. The maximum absolute atomic E-state index is 12.6. The van der Waals surface area contributed by atoms with E-state index in [1.165, 1.54) is 14.6 Å². The molecule has 2 atom stereocenters. The number of anilines is 1. The van der Waals surface area contributed by atoms with Gasteiger partial charge in [0.25, 0.3) is 5.91 Å². The van der Waals surface area contributed by atoms with Crippen molar-refractivity contribution in [1.29, 1.82) is 0 Å². The smallest absolute Gasteiger partial charge is 0.279 e. The standard InChI is InChI=1S/C21H23N3OS/c1-14-9-10-15(2)17(12-14)22-20(25)13-24-11-5-7-18(24)21-23-16-6-3-4-8-19(16)26-21/h3-4,6,8-10,12,18H,5,7,11,13H2,1-2H3,(H,22,25)/p+1/t18-/m1/s1. The average molecular weight is 367 g/mol. The number of hydrogen-bond donors (Lipinski definition) is 2. The van der Waals surface area contributed by atoms with E-state index in [1.54, 1.807) is 11.3 Å². The first kappa shape index (κ1) is 17.2. The number of carbonyl (C=O) groups is 1. The summed E-state index contributed by atoms with van der Waals surface area (Å²) in [6.45, 7) is 5.60.